The number of carbonyl (C=O) groups is 1. The van der Waals surface area contributed by atoms with Gasteiger partial charge < -0.3 is 9.47 Å². The standard InChI is InChI=1S/C9H11FO3/c1-12-8(11)7-5-3-4-6-9(7,10)13-2/h3-7H,1-2H3. The zero-order chi connectivity index (χ0) is 9.90. The van der Waals surface area contributed by atoms with Crippen LogP contribution in [0.25, 0.3) is 0 Å². The van der Waals surface area contributed by atoms with Crippen LogP contribution in [0, 0.1) is 5.92 Å². The lowest BCUT2D eigenvalue weighted by atomic mass is 9.95. The first-order chi connectivity index (χ1) is 6.14. The first-order valence-corrected chi connectivity index (χ1v) is 3.82. The minimum absolute atomic E-state index is 0.648. The van der Waals surface area contributed by atoms with E-state index in [1.807, 2.05) is 0 Å². The van der Waals surface area contributed by atoms with Crippen LogP contribution in [0.1, 0.15) is 0 Å². The van der Waals surface area contributed by atoms with Crippen LogP contribution in [0.2, 0.25) is 0 Å². The Morgan fingerprint density at radius 1 is 1.46 bits per heavy atom. The third-order valence-electron chi connectivity index (χ3n) is 1.93. The molecule has 2 unspecified atom stereocenters. The number of methoxy groups -OCH3 is 2. The zero-order valence-corrected chi connectivity index (χ0v) is 7.49. The Kier molecular flexibility index (Phi) is 2.83. The maximum atomic E-state index is 13.7. The number of esters is 1. The molecule has 0 fully saturated rings. The van der Waals surface area contributed by atoms with Gasteiger partial charge in [-0.1, -0.05) is 18.2 Å². The molecule has 0 amide bonds. The van der Waals surface area contributed by atoms with Crippen LogP contribution in [0.5, 0.6) is 0 Å². The highest BCUT2D eigenvalue weighted by Gasteiger charge is 2.42. The van der Waals surface area contributed by atoms with E-state index < -0.39 is 17.7 Å². The quantitative estimate of drug-likeness (QED) is 0.608. The Hall–Kier alpha value is -1.16. The van der Waals surface area contributed by atoms with Crippen LogP contribution in [0.3, 0.4) is 0 Å². The first-order valence-electron chi connectivity index (χ1n) is 3.82. The Labute approximate surface area is 75.8 Å². The van der Waals surface area contributed by atoms with Gasteiger partial charge in [0.25, 0.3) is 0 Å². The summed E-state index contributed by atoms with van der Waals surface area (Å²) in [7, 11) is 2.42. The fourth-order valence-corrected chi connectivity index (χ4v) is 1.16. The van der Waals surface area contributed by atoms with Gasteiger partial charge in [-0.25, -0.2) is 4.39 Å². The highest BCUT2D eigenvalue weighted by atomic mass is 19.2. The van der Waals surface area contributed by atoms with E-state index in [0.717, 1.165) is 0 Å². The number of ether oxygens (including phenoxy) is 2. The zero-order valence-electron chi connectivity index (χ0n) is 7.49. The van der Waals surface area contributed by atoms with Crippen LogP contribution in [0.15, 0.2) is 24.3 Å². The van der Waals surface area contributed by atoms with Crippen molar-refractivity contribution in [1.82, 2.24) is 0 Å². The van der Waals surface area contributed by atoms with Crippen molar-refractivity contribution in [3.05, 3.63) is 24.3 Å². The largest absolute Gasteiger partial charge is 0.468 e. The molecule has 0 aromatic rings. The second-order valence-corrected chi connectivity index (χ2v) is 2.65. The lowest BCUT2D eigenvalue weighted by Crippen LogP contribution is -2.39. The average Bonchev–Trinajstić information content (AvgIpc) is 2.17. The van der Waals surface area contributed by atoms with Gasteiger partial charge in [-0.05, 0) is 6.08 Å². The van der Waals surface area contributed by atoms with Crippen molar-refractivity contribution in [3.63, 3.8) is 0 Å². The number of allylic oxidation sites excluding steroid dienone is 2. The molecule has 0 aromatic carbocycles. The van der Waals surface area contributed by atoms with E-state index in [0.29, 0.717) is 0 Å². The van der Waals surface area contributed by atoms with Crippen LogP contribution in [0.4, 0.5) is 4.39 Å². The number of carbonyl (C=O) groups excluding carboxylic acids is 1. The van der Waals surface area contributed by atoms with E-state index in [2.05, 4.69) is 9.47 Å². The van der Waals surface area contributed by atoms with Crippen molar-refractivity contribution in [2.45, 2.75) is 5.85 Å². The second-order valence-electron chi connectivity index (χ2n) is 2.65. The van der Waals surface area contributed by atoms with Crippen molar-refractivity contribution in [1.29, 1.82) is 0 Å². The molecule has 0 heterocycles. The molecular weight excluding hydrogens is 175 g/mol. The number of alkyl halides is 1. The predicted molar refractivity (Wildman–Crippen MR) is 44.6 cm³/mol. The number of halogens is 1. The molecule has 0 spiro atoms. The minimum Gasteiger partial charge on any atom is -0.468 e. The molecule has 0 radical (unpaired) electrons. The summed E-state index contributed by atoms with van der Waals surface area (Å²) in [5, 5.41) is 0. The summed E-state index contributed by atoms with van der Waals surface area (Å²) in [6, 6.07) is 0. The van der Waals surface area contributed by atoms with Gasteiger partial charge in [-0.3, -0.25) is 4.79 Å². The van der Waals surface area contributed by atoms with Gasteiger partial charge in [0.1, 0.15) is 5.92 Å². The van der Waals surface area contributed by atoms with Crippen LogP contribution in [-0.2, 0) is 14.3 Å². The summed E-state index contributed by atoms with van der Waals surface area (Å²) >= 11 is 0. The molecule has 72 valence electrons. The molecule has 0 aromatic heterocycles. The van der Waals surface area contributed by atoms with Gasteiger partial charge in [0.15, 0.2) is 0 Å². The molecule has 1 rings (SSSR count). The third-order valence-corrected chi connectivity index (χ3v) is 1.93. The molecule has 0 saturated carbocycles. The van der Waals surface area contributed by atoms with Crippen molar-refractivity contribution in [2.24, 2.45) is 5.92 Å². The van der Waals surface area contributed by atoms with E-state index >= 15 is 0 Å². The maximum absolute atomic E-state index is 13.7. The van der Waals surface area contributed by atoms with E-state index in [4.69, 9.17) is 0 Å². The van der Waals surface area contributed by atoms with Crippen LogP contribution in [-0.4, -0.2) is 26.0 Å². The SMILES string of the molecule is COC(=O)C1C=CC=CC1(F)OC. The van der Waals surface area contributed by atoms with Gasteiger partial charge in [0.2, 0.25) is 5.85 Å². The monoisotopic (exact) mass is 186 g/mol. The van der Waals surface area contributed by atoms with Crippen molar-refractivity contribution in [3.8, 4) is 0 Å². The molecule has 1 aliphatic carbocycles. The first kappa shape index (κ1) is 9.92. The molecular formula is C9H11FO3. The second kappa shape index (κ2) is 3.70. The summed E-state index contributed by atoms with van der Waals surface area (Å²) in [6.45, 7) is 0. The molecule has 3 nitrogen and oxygen atoms in total. The highest BCUT2D eigenvalue weighted by molar-refractivity contribution is 5.76. The average molecular weight is 186 g/mol. The van der Waals surface area contributed by atoms with E-state index in [1.165, 1.54) is 32.4 Å². The summed E-state index contributed by atoms with van der Waals surface area (Å²) in [5.74, 6) is -3.75. The fraction of sp³-hybridized carbons (Fsp3) is 0.444. The van der Waals surface area contributed by atoms with Gasteiger partial charge in [-0.2, -0.15) is 0 Å². The lowest BCUT2D eigenvalue weighted by Gasteiger charge is -2.27. The molecule has 2 atom stereocenters. The summed E-state index contributed by atoms with van der Waals surface area (Å²) in [6.07, 6.45) is 5.67. The van der Waals surface area contributed by atoms with E-state index in [1.54, 1.807) is 6.08 Å². The van der Waals surface area contributed by atoms with Gasteiger partial charge in [0, 0.05) is 7.11 Å². The smallest absolute Gasteiger partial charge is 0.318 e. The normalized spacial score (nSPS) is 31.8. The number of rotatable bonds is 2. The van der Waals surface area contributed by atoms with Gasteiger partial charge in [-0.15, -0.1) is 0 Å². The van der Waals surface area contributed by atoms with E-state index in [-0.39, 0.29) is 0 Å². The fourth-order valence-electron chi connectivity index (χ4n) is 1.16. The molecule has 0 saturated heterocycles. The molecule has 1 aliphatic rings. The van der Waals surface area contributed by atoms with Crippen LogP contribution >= 0.6 is 0 Å². The Morgan fingerprint density at radius 3 is 2.69 bits per heavy atom. The maximum Gasteiger partial charge on any atom is 0.318 e. The highest BCUT2D eigenvalue weighted by Crippen LogP contribution is 2.30. The Morgan fingerprint density at radius 2 is 2.15 bits per heavy atom. The summed E-state index contributed by atoms with van der Waals surface area (Å²) in [4.78, 5) is 11.1. The molecule has 13 heavy (non-hydrogen) atoms. The summed E-state index contributed by atoms with van der Waals surface area (Å²) < 4.78 is 22.8. The Bertz CT molecular complexity index is 260. The molecule has 4 heteroatoms. The van der Waals surface area contributed by atoms with E-state index in [9.17, 15) is 9.18 Å². The summed E-state index contributed by atoms with van der Waals surface area (Å²) in [5.41, 5.74) is 0. The number of hydrogen-bond donors (Lipinski definition) is 0. The molecule has 0 bridgehead atoms. The topological polar surface area (TPSA) is 35.5 Å². The number of hydrogen-bond acceptors (Lipinski definition) is 3. The Balaban J connectivity index is 2.88. The van der Waals surface area contributed by atoms with Crippen molar-refractivity contribution < 1.29 is 18.7 Å². The molecule has 0 aliphatic heterocycles. The minimum atomic E-state index is -2.08. The molecule has 0 N–H and O–H groups in total. The van der Waals surface area contributed by atoms with Crippen LogP contribution < -0.4 is 0 Å². The van der Waals surface area contributed by atoms with Gasteiger partial charge in [0.05, 0.1) is 7.11 Å². The lowest BCUT2D eigenvalue weighted by molar-refractivity contribution is -0.165. The predicted octanol–water partition coefficient (Wildman–Crippen LogP) is 1.21. The van der Waals surface area contributed by atoms with Crippen molar-refractivity contribution in [2.75, 3.05) is 14.2 Å². The van der Waals surface area contributed by atoms with Gasteiger partial charge >= 0.3 is 5.97 Å². The third kappa shape index (κ3) is 1.78. The van der Waals surface area contributed by atoms with Crippen molar-refractivity contribution >= 4 is 5.97 Å².